The van der Waals surface area contributed by atoms with Crippen LogP contribution in [0.4, 0.5) is 18.9 Å². The van der Waals surface area contributed by atoms with Gasteiger partial charge in [-0.1, -0.05) is 0 Å². The van der Waals surface area contributed by atoms with Crippen molar-refractivity contribution in [2.75, 3.05) is 5.32 Å². The molecular formula is C19H22F3N3O4S. The van der Waals surface area contributed by atoms with Gasteiger partial charge in [-0.2, -0.15) is 0 Å². The lowest BCUT2D eigenvalue weighted by Gasteiger charge is -2.28. The Hall–Kier alpha value is -2.37. The van der Waals surface area contributed by atoms with Crippen molar-refractivity contribution in [2.24, 2.45) is 7.05 Å². The second kappa shape index (κ2) is 7.71. The highest BCUT2D eigenvalue weighted by Gasteiger charge is 2.38. The lowest BCUT2D eigenvalue weighted by molar-refractivity contribution is 0.0434. The van der Waals surface area contributed by atoms with E-state index in [1.807, 2.05) is 0 Å². The van der Waals surface area contributed by atoms with Gasteiger partial charge in [-0.25, -0.2) is 26.3 Å². The zero-order valence-corrected chi connectivity index (χ0v) is 17.4. The summed E-state index contributed by atoms with van der Waals surface area (Å²) in [4.78, 5) is 12.8. The predicted molar refractivity (Wildman–Crippen MR) is 103 cm³/mol. The number of benzene rings is 1. The summed E-state index contributed by atoms with van der Waals surface area (Å²) >= 11 is 0. The van der Waals surface area contributed by atoms with E-state index >= 15 is 0 Å². The summed E-state index contributed by atoms with van der Waals surface area (Å²) in [5.74, 6) is -1.81. The highest BCUT2D eigenvalue weighted by molar-refractivity contribution is 7.89. The molecule has 2 aromatic rings. The van der Waals surface area contributed by atoms with Gasteiger partial charge in [0.1, 0.15) is 16.4 Å². The summed E-state index contributed by atoms with van der Waals surface area (Å²) in [6.07, 6.45) is -1.34. The standard InChI is InChI=1S/C19H22F3N3O4S/c1-19(2,27)15-7-5-11-14(30(28,29)24-15)9-25(3)16(11)18(26)23-10-4-6-13(20)12(8-10)17(21)22/h4,6,8-9,15,17,24,27H,5,7H2,1-3H3,(H,23,26). The molecule has 1 aromatic carbocycles. The molecule has 0 bridgehead atoms. The van der Waals surface area contributed by atoms with E-state index in [9.17, 15) is 31.5 Å². The molecule has 3 rings (SSSR count). The van der Waals surface area contributed by atoms with Crippen LogP contribution in [0.25, 0.3) is 0 Å². The van der Waals surface area contributed by atoms with E-state index in [2.05, 4.69) is 10.0 Å². The zero-order chi connectivity index (χ0) is 22.4. The van der Waals surface area contributed by atoms with Crippen LogP contribution in [0.5, 0.6) is 0 Å². The summed E-state index contributed by atoms with van der Waals surface area (Å²) in [5, 5.41) is 12.7. The minimum absolute atomic E-state index is 0.0368. The fraction of sp³-hybridized carbons (Fsp3) is 0.421. The first kappa shape index (κ1) is 22.3. The van der Waals surface area contributed by atoms with Crippen LogP contribution in [0.1, 0.15) is 48.3 Å². The Morgan fingerprint density at radius 1 is 1.37 bits per heavy atom. The quantitative estimate of drug-likeness (QED) is 0.674. The van der Waals surface area contributed by atoms with Crippen molar-refractivity contribution in [1.82, 2.24) is 9.29 Å². The Bertz CT molecular complexity index is 1090. The first-order valence-corrected chi connectivity index (χ1v) is 10.6. The molecular weight excluding hydrogens is 423 g/mol. The van der Waals surface area contributed by atoms with Gasteiger partial charge in [0, 0.05) is 24.5 Å². The molecule has 1 aliphatic rings. The van der Waals surface area contributed by atoms with Crippen molar-refractivity contribution in [3.63, 3.8) is 0 Å². The van der Waals surface area contributed by atoms with E-state index in [1.165, 1.54) is 31.7 Å². The first-order chi connectivity index (χ1) is 13.8. The average molecular weight is 445 g/mol. The van der Waals surface area contributed by atoms with Gasteiger partial charge in [-0.05, 0) is 44.9 Å². The SMILES string of the molecule is Cn1cc2c(c1C(=O)Nc1ccc(F)c(C(F)F)c1)CCC(C(C)(C)O)NS2(=O)=O. The number of aliphatic hydroxyl groups is 1. The molecule has 1 aromatic heterocycles. The van der Waals surface area contributed by atoms with Crippen molar-refractivity contribution in [3.05, 3.63) is 47.0 Å². The normalized spacial score (nSPS) is 18.7. The number of hydrogen-bond acceptors (Lipinski definition) is 4. The van der Waals surface area contributed by atoms with Crippen molar-refractivity contribution >= 4 is 21.6 Å². The van der Waals surface area contributed by atoms with Crippen LogP contribution in [0, 0.1) is 5.82 Å². The number of amides is 1. The second-order valence-electron chi connectivity index (χ2n) is 7.79. The number of aryl methyl sites for hydroxylation is 1. The smallest absolute Gasteiger partial charge is 0.272 e. The Morgan fingerprint density at radius 2 is 2.03 bits per heavy atom. The van der Waals surface area contributed by atoms with Gasteiger partial charge in [-0.15, -0.1) is 0 Å². The van der Waals surface area contributed by atoms with Crippen molar-refractivity contribution in [3.8, 4) is 0 Å². The van der Waals surface area contributed by atoms with Crippen molar-refractivity contribution in [1.29, 1.82) is 0 Å². The third-order valence-electron chi connectivity index (χ3n) is 5.07. The largest absolute Gasteiger partial charge is 0.389 e. The molecule has 3 N–H and O–H groups in total. The highest BCUT2D eigenvalue weighted by atomic mass is 32.2. The van der Waals surface area contributed by atoms with Crippen molar-refractivity contribution in [2.45, 2.75) is 49.7 Å². The van der Waals surface area contributed by atoms with Gasteiger partial charge in [0.05, 0.1) is 17.2 Å². The van der Waals surface area contributed by atoms with E-state index < -0.39 is 45.4 Å². The zero-order valence-electron chi connectivity index (χ0n) is 16.5. The topological polar surface area (TPSA) is 100 Å². The molecule has 1 amide bonds. The molecule has 0 spiro atoms. The number of nitrogens with one attached hydrogen (secondary N) is 2. The fourth-order valence-corrected chi connectivity index (χ4v) is 5.22. The Balaban J connectivity index is 1.97. The molecule has 0 radical (unpaired) electrons. The summed E-state index contributed by atoms with van der Waals surface area (Å²) in [5.41, 5.74) is -1.92. The fourth-order valence-electron chi connectivity index (χ4n) is 3.49. The van der Waals surface area contributed by atoms with Crippen LogP contribution < -0.4 is 10.0 Å². The Labute approximate surface area is 171 Å². The van der Waals surface area contributed by atoms with E-state index in [4.69, 9.17) is 0 Å². The Kier molecular flexibility index (Phi) is 5.74. The van der Waals surface area contributed by atoms with E-state index in [-0.39, 0.29) is 34.7 Å². The molecule has 7 nitrogen and oxygen atoms in total. The number of nitrogens with zero attached hydrogens (tertiary/aromatic N) is 1. The number of halogens is 3. The maximum atomic E-state index is 13.5. The molecule has 1 atom stereocenters. The molecule has 30 heavy (non-hydrogen) atoms. The number of sulfonamides is 1. The molecule has 164 valence electrons. The van der Waals surface area contributed by atoms with Crippen molar-refractivity contribution < 1.29 is 31.5 Å². The lowest BCUT2D eigenvalue weighted by Crippen LogP contribution is -2.48. The first-order valence-electron chi connectivity index (χ1n) is 9.13. The molecule has 0 fully saturated rings. The molecule has 1 aliphatic heterocycles. The van der Waals surface area contributed by atoms with E-state index in [0.717, 1.165) is 18.2 Å². The average Bonchev–Trinajstić information content (AvgIpc) is 2.89. The summed E-state index contributed by atoms with van der Waals surface area (Å²) in [6, 6.07) is 2.04. The number of alkyl halides is 2. The molecule has 1 unspecified atom stereocenters. The van der Waals surface area contributed by atoms with Crippen LogP contribution in [-0.2, 0) is 23.5 Å². The van der Waals surface area contributed by atoms with Crippen LogP contribution in [0.3, 0.4) is 0 Å². The predicted octanol–water partition coefficient (Wildman–Crippen LogP) is 2.72. The van der Waals surface area contributed by atoms with Crippen LogP contribution in [0.15, 0.2) is 29.3 Å². The maximum Gasteiger partial charge on any atom is 0.272 e. The van der Waals surface area contributed by atoms with E-state index in [0.29, 0.717) is 0 Å². The summed E-state index contributed by atoms with van der Waals surface area (Å²) in [6.45, 7) is 2.97. The molecule has 0 saturated carbocycles. The van der Waals surface area contributed by atoms with Crippen LogP contribution >= 0.6 is 0 Å². The highest BCUT2D eigenvalue weighted by Crippen LogP contribution is 2.31. The number of anilines is 1. The minimum Gasteiger partial charge on any atom is -0.389 e. The van der Waals surface area contributed by atoms with E-state index in [1.54, 1.807) is 0 Å². The second-order valence-corrected chi connectivity index (χ2v) is 9.47. The minimum atomic E-state index is -4.00. The summed E-state index contributed by atoms with van der Waals surface area (Å²) in [7, 11) is -2.51. The molecule has 11 heteroatoms. The molecule has 0 saturated heterocycles. The maximum absolute atomic E-state index is 13.5. The third kappa shape index (κ3) is 4.23. The number of fused-ring (bicyclic) bond motifs is 1. The van der Waals surface area contributed by atoms with Gasteiger partial charge < -0.3 is 15.0 Å². The summed E-state index contributed by atoms with van der Waals surface area (Å²) < 4.78 is 68.6. The van der Waals surface area contributed by atoms with Gasteiger partial charge in [0.25, 0.3) is 12.3 Å². The molecule has 2 heterocycles. The van der Waals surface area contributed by atoms with Gasteiger partial charge in [0.2, 0.25) is 10.0 Å². The number of aromatic nitrogens is 1. The number of hydrogen-bond donors (Lipinski definition) is 3. The monoisotopic (exact) mass is 445 g/mol. The van der Waals surface area contributed by atoms with Gasteiger partial charge in [-0.3, -0.25) is 4.79 Å². The number of rotatable bonds is 4. The van der Waals surface area contributed by atoms with Gasteiger partial charge >= 0.3 is 0 Å². The van der Waals surface area contributed by atoms with Crippen LogP contribution in [-0.4, -0.2) is 35.6 Å². The number of carbonyl (C=O) groups is 1. The van der Waals surface area contributed by atoms with Gasteiger partial charge in [0.15, 0.2) is 0 Å². The van der Waals surface area contributed by atoms with Crippen LogP contribution in [0.2, 0.25) is 0 Å². The number of carbonyl (C=O) groups excluding carboxylic acids is 1. The third-order valence-corrected chi connectivity index (χ3v) is 6.60. The Morgan fingerprint density at radius 3 is 2.63 bits per heavy atom. The lowest BCUT2D eigenvalue weighted by atomic mass is 9.93. The molecule has 0 aliphatic carbocycles.